The van der Waals surface area contributed by atoms with Crippen LogP contribution in [0.2, 0.25) is 0 Å². The Morgan fingerprint density at radius 1 is 1.64 bits per heavy atom. The minimum atomic E-state index is -0.570. The Morgan fingerprint density at radius 3 is 2.55 bits per heavy atom. The molecule has 2 N–H and O–H groups in total. The first kappa shape index (κ1) is 9.42. The highest BCUT2D eigenvalue weighted by Gasteiger charge is 1.98. The SMILES string of the molecule is C=C(/C=C\C(N)=C/C)[N+](=O)[O-]. The van der Waals surface area contributed by atoms with Gasteiger partial charge in [0.15, 0.2) is 0 Å². The number of nitrogens with two attached hydrogens (primary N) is 1. The minimum absolute atomic E-state index is 0.171. The van der Waals surface area contributed by atoms with Gasteiger partial charge in [0.05, 0.1) is 4.92 Å². The molecule has 0 aliphatic carbocycles. The van der Waals surface area contributed by atoms with Crippen LogP contribution in [0.25, 0.3) is 0 Å². The number of hydrogen-bond donors (Lipinski definition) is 1. The van der Waals surface area contributed by atoms with Gasteiger partial charge in [0.2, 0.25) is 0 Å². The van der Waals surface area contributed by atoms with E-state index in [9.17, 15) is 10.1 Å². The summed E-state index contributed by atoms with van der Waals surface area (Å²) in [6.45, 7) is 4.94. The lowest BCUT2D eigenvalue weighted by molar-refractivity contribution is -0.418. The van der Waals surface area contributed by atoms with Crippen LogP contribution in [0.15, 0.2) is 36.2 Å². The molecule has 0 heterocycles. The van der Waals surface area contributed by atoms with E-state index in [0.717, 1.165) is 0 Å². The summed E-state index contributed by atoms with van der Waals surface area (Å²) in [5, 5.41) is 9.99. The average Bonchev–Trinajstić information content (AvgIpc) is 1.99. The molecule has 4 heteroatoms. The summed E-state index contributed by atoms with van der Waals surface area (Å²) in [7, 11) is 0. The van der Waals surface area contributed by atoms with Crippen molar-refractivity contribution < 1.29 is 4.92 Å². The van der Waals surface area contributed by atoms with Crippen molar-refractivity contribution in [3.05, 3.63) is 46.3 Å². The van der Waals surface area contributed by atoms with Gasteiger partial charge in [-0.15, -0.1) is 0 Å². The van der Waals surface area contributed by atoms with Crippen molar-refractivity contribution >= 4 is 0 Å². The van der Waals surface area contributed by atoms with Crippen LogP contribution < -0.4 is 5.73 Å². The third-order valence-corrected chi connectivity index (χ3v) is 1.04. The minimum Gasteiger partial charge on any atom is -0.399 e. The summed E-state index contributed by atoms with van der Waals surface area (Å²) in [6, 6.07) is 0. The van der Waals surface area contributed by atoms with Crippen molar-refractivity contribution in [3.63, 3.8) is 0 Å². The number of hydrogen-bond acceptors (Lipinski definition) is 3. The number of nitrogens with zero attached hydrogens (tertiary/aromatic N) is 1. The van der Waals surface area contributed by atoms with Gasteiger partial charge in [0, 0.05) is 11.8 Å². The van der Waals surface area contributed by atoms with Crippen molar-refractivity contribution in [2.24, 2.45) is 5.73 Å². The largest absolute Gasteiger partial charge is 0.399 e. The molecule has 0 aliphatic rings. The summed E-state index contributed by atoms with van der Waals surface area (Å²) in [4.78, 5) is 9.42. The highest BCUT2D eigenvalue weighted by Crippen LogP contribution is 1.95. The molecule has 0 aromatic heterocycles. The average molecular weight is 154 g/mol. The van der Waals surface area contributed by atoms with Gasteiger partial charge >= 0.3 is 0 Å². The Kier molecular flexibility index (Phi) is 3.66. The topological polar surface area (TPSA) is 69.2 Å². The second-order valence-corrected chi connectivity index (χ2v) is 1.87. The molecule has 0 unspecified atom stereocenters. The van der Waals surface area contributed by atoms with Gasteiger partial charge in [-0.1, -0.05) is 6.08 Å². The Hall–Kier alpha value is -1.58. The van der Waals surface area contributed by atoms with E-state index in [1.807, 2.05) is 0 Å². The molecular weight excluding hydrogens is 144 g/mol. The van der Waals surface area contributed by atoms with Crippen LogP contribution in [0.3, 0.4) is 0 Å². The molecule has 4 nitrogen and oxygen atoms in total. The second kappa shape index (κ2) is 4.27. The Bertz CT molecular complexity index is 229. The smallest absolute Gasteiger partial charge is 0.262 e. The van der Waals surface area contributed by atoms with Crippen molar-refractivity contribution in [3.8, 4) is 0 Å². The zero-order valence-electron chi connectivity index (χ0n) is 6.28. The molecule has 0 bridgehead atoms. The predicted octanol–water partition coefficient (Wildman–Crippen LogP) is 1.20. The fraction of sp³-hybridized carbons (Fsp3) is 0.143. The summed E-state index contributed by atoms with van der Waals surface area (Å²) in [5.41, 5.74) is 5.64. The highest BCUT2D eigenvalue weighted by atomic mass is 16.6. The quantitative estimate of drug-likeness (QED) is 0.377. The molecule has 0 fully saturated rings. The Balaban J connectivity index is 4.15. The third kappa shape index (κ3) is 3.91. The van der Waals surface area contributed by atoms with E-state index in [-0.39, 0.29) is 5.70 Å². The van der Waals surface area contributed by atoms with E-state index in [1.165, 1.54) is 12.2 Å². The van der Waals surface area contributed by atoms with E-state index in [1.54, 1.807) is 13.0 Å². The van der Waals surface area contributed by atoms with Gasteiger partial charge in [0.25, 0.3) is 5.70 Å². The predicted molar refractivity (Wildman–Crippen MR) is 43.2 cm³/mol. The van der Waals surface area contributed by atoms with Gasteiger partial charge in [0.1, 0.15) is 0 Å². The van der Waals surface area contributed by atoms with Crippen LogP contribution in [0.1, 0.15) is 6.92 Å². The molecule has 0 aromatic rings. The molecule has 11 heavy (non-hydrogen) atoms. The lowest BCUT2D eigenvalue weighted by Gasteiger charge is -1.88. The van der Waals surface area contributed by atoms with Crippen LogP contribution in [0.5, 0.6) is 0 Å². The molecule has 0 aromatic carbocycles. The van der Waals surface area contributed by atoms with Crippen LogP contribution in [-0.4, -0.2) is 4.92 Å². The van der Waals surface area contributed by atoms with Gasteiger partial charge in [-0.2, -0.15) is 0 Å². The third-order valence-electron chi connectivity index (χ3n) is 1.04. The number of rotatable bonds is 3. The molecule has 0 radical (unpaired) electrons. The van der Waals surface area contributed by atoms with Crippen LogP contribution >= 0.6 is 0 Å². The zero-order valence-corrected chi connectivity index (χ0v) is 6.28. The van der Waals surface area contributed by atoms with Gasteiger partial charge in [-0.25, -0.2) is 0 Å². The Morgan fingerprint density at radius 2 is 2.18 bits per heavy atom. The van der Waals surface area contributed by atoms with Gasteiger partial charge in [-0.3, -0.25) is 10.1 Å². The van der Waals surface area contributed by atoms with Crippen molar-refractivity contribution in [2.45, 2.75) is 6.92 Å². The maximum absolute atomic E-state index is 9.99. The molecule has 0 saturated carbocycles. The first-order valence-corrected chi connectivity index (χ1v) is 3.01. The standard InChI is InChI=1S/C7H10N2O2/c1-3-7(8)5-4-6(2)9(10)11/h3-5H,2,8H2,1H3/b5-4-,7-3+. The van der Waals surface area contributed by atoms with E-state index < -0.39 is 4.92 Å². The van der Waals surface area contributed by atoms with Crippen LogP contribution in [-0.2, 0) is 0 Å². The number of allylic oxidation sites excluding steroid dienone is 3. The maximum Gasteiger partial charge on any atom is 0.262 e. The number of nitro groups is 1. The van der Waals surface area contributed by atoms with Crippen molar-refractivity contribution in [1.29, 1.82) is 0 Å². The lowest BCUT2D eigenvalue weighted by atomic mass is 10.3. The first-order valence-electron chi connectivity index (χ1n) is 3.01. The maximum atomic E-state index is 9.99. The van der Waals surface area contributed by atoms with Crippen LogP contribution in [0.4, 0.5) is 0 Å². The van der Waals surface area contributed by atoms with Crippen LogP contribution in [0, 0.1) is 10.1 Å². The molecule has 0 aliphatic heterocycles. The summed E-state index contributed by atoms with van der Waals surface area (Å²) in [5.74, 6) is 0. The fourth-order valence-corrected chi connectivity index (χ4v) is 0.350. The highest BCUT2D eigenvalue weighted by molar-refractivity contribution is 5.19. The van der Waals surface area contributed by atoms with E-state index in [2.05, 4.69) is 6.58 Å². The summed E-state index contributed by atoms with van der Waals surface area (Å²) < 4.78 is 0. The van der Waals surface area contributed by atoms with E-state index >= 15 is 0 Å². The van der Waals surface area contributed by atoms with Crippen molar-refractivity contribution in [2.75, 3.05) is 0 Å². The Labute approximate surface area is 64.9 Å². The van der Waals surface area contributed by atoms with E-state index in [0.29, 0.717) is 5.70 Å². The van der Waals surface area contributed by atoms with E-state index in [4.69, 9.17) is 5.73 Å². The van der Waals surface area contributed by atoms with Gasteiger partial charge in [-0.05, 0) is 19.6 Å². The molecule has 60 valence electrons. The second-order valence-electron chi connectivity index (χ2n) is 1.87. The summed E-state index contributed by atoms with van der Waals surface area (Å²) >= 11 is 0. The molecule has 0 saturated heterocycles. The monoisotopic (exact) mass is 154 g/mol. The zero-order chi connectivity index (χ0) is 8.85. The normalized spacial score (nSPS) is 11.9. The lowest BCUT2D eigenvalue weighted by Crippen LogP contribution is -1.95. The first-order chi connectivity index (χ1) is 5.07. The molecular formula is C7H10N2O2. The molecule has 0 amide bonds. The molecule has 0 spiro atoms. The fourth-order valence-electron chi connectivity index (χ4n) is 0.350. The molecule has 0 atom stereocenters. The molecule has 0 rings (SSSR count). The summed E-state index contributed by atoms with van der Waals surface area (Å²) in [6.07, 6.45) is 4.34. The van der Waals surface area contributed by atoms with Crippen molar-refractivity contribution in [1.82, 2.24) is 0 Å². The van der Waals surface area contributed by atoms with Gasteiger partial charge < -0.3 is 5.73 Å².